The van der Waals surface area contributed by atoms with Crippen molar-refractivity contribution < 1.29 is 9.53 Å². The van der Waals surface area contributed by atoms with Gasteiger partial charge in [-0.2, -0.15) is 0 Å². The molecule has 7 nitrogen and oxygen atoms in total. The lowest BCUT2D eigenvalue weighted by Gasteiger charge is -2.31. The molecule has 0 unspecified atom stereocenters. The lowest BCUT2D eigenvalue weighted by Crippen LogP contribution is -2.41. The number of hydrogen-bond acceptors (Lipinski definition) is 6. The number of rotatable bonds is 7. The molecule has 2 saturated heterocycles. The summed E-state index contributed by atoms with van der Waals surface area (Å²) in [4.78, 5) is 22.9. The van der Waals surface area contributed by atoms with E-state index in [1.807, 2.05) is 23.6 Å². The van der Waals surface area contributed by atoms with Crippen molar-refractivity contribution in [1.29, 1.82) is 0 Å². The van der Waals surface area contributed by atoms with Crippen LogP contribution in [0.25, 0.3) is 0 Å². The summed E-state index contributed by atoms with van der Waals surface area (Å²) in [7, 11) is 0. The van der Waals surface area contributed by atoms with Crippen molar-refractivity contribution in [2.45, 2.75) is 25.9 Å². The molecule has 2 aliphatic rings. The standard InChI is InChI=1S/C22H31N5O2S/c28-22(24-15-18-4-7-26(8-5-18)17-20-2-1-13-30-20)25-16-19-3-6-23-21(14-19)27-9-11-29-12-10-27/h1-3,6,13-14,18H,4-5,7-12,15-17H2,(H2,24,25,28). The van der Waals surface area contributed by atoms with E-state index < -0.39 is 0 Å². The summed E-state index contributed by atoms with van der Waals surface area (Å²) in [6.07, 6.45) is 4.08. The molecule has 2 aliphatic heterocycles. The lowest BCUT2D eigenvalue weighted by molar-refractivity contribution is 0.122. The molecule has 0 saturated carbocycles. The topological polar surface area (TPSA) is 69.7 Å². The third kappa shape index (κ3) is 6.17. The predicted octanol–water partition coefficient (Wildman–Crippen LogP) is 2.69. The molecule has 0 aliphatic carbocycles. The number of anilines is 1. The monoisotopic (exact) mass is 429 g/mol. The van der Waals surface area contributed by atoms with Crippen LogP contribution in [0.5, 0.6) is 0 Å². The first-order valence-electron chi connectivity index (χ1n) is 10.8. The van der Waals surface area contributed by atoms with E-state index in [9.17, 15) is 4.79 Å². The number of carbonyl (C=O) groups is 1. The van der Waals surface area contributed by atoms with Crippen LogP contribution < -0.4 is 15.5 Å². The van der Waals surface area contributed by atoms with E-state index in [2.05, 4.69) is 49.0 Å². The maximum atomic E-state index is 12.2. The van der Waals surface area contributed by atoms with Gasteiger partial charge in [-0.1, -0.05) is 6.07 Å². The van der Waals surface area contributed by atoms with Crippen LogP contribution in [0.1, 0.15) is 23.3 Å². The number of urea groups is 1. The van der Waals surface area contributed by atoms with Crippen molar-refractivity contribution in [2.75, 3.05) is 50.8 Å². The van der Waals surface area contributed by atoms with Gasteiger partial charge in [0.25, 0.3) is 0 Å². The van der Waals surface area contributed by atoms with Crippen molar-refractivity contribution >= 4 is 23.2 Å². The molecule has 8 heteroatoms. The Morgan fingerprint density at radius 3 is 2.77 bits per heavy atom. The Morgan fingerprint density at radius 1 is 1.17 bits per heavy atom. The molecule has 4 rings (SSSR count). The van der Waals surface area contributed by atoms with Crippen LogP contribution in [0, 0.1) is 5.92 Å². The highest BCUT2D eigenvalue weighted by molar-refractivity contribution is 7.09. The number of nitrogens with zero attached hydrogens (tertiary/aromatic N) is 3. The second kappa shape index (κ2) is 10.7. The van der Waals surface area contributed by atoms with Gasteiger partial charge in [-0.25, -0.2) is 9.78 Å². The van der Waals surface area contributed by atoms with Gasteiger partial charge in [0.2, 0.25) is 0 Å². The zero-order valence-corrected chi connectivity index (χ0v) is 18.2. The Kier molecular flexibility index (Phi) is 7.55. The molecule has 0 aromatic carbocycles. The molecule has 30 heavy (non-hydrogen) atoms. The SMILES string of the molecule is O=C(NCc1ccnc(N2CCOCC2)c1)NCC1CCN(Cc2cccs2)CC1. The van der Waals surface area contributed by atoms with Gasteiger partial charge in [0, 0.05) is 43.8 Å². The largest absolute Gasteiger partial charge is 0.378 e. The van der Waals surface area contributed by atoms with E-state index >= 15 is 0 Å². The average molecular weight is 430 g/mol. The molecule has 2 aromatic rings. The van der Waals surface area contributed by atoms with Gasteiger partial charge in [0.1, 0.15) is 5.82 Å². The molecule has 2 amide bonds. The first-order valence-corrected chi connectivity index (χ1v) is 11.7. The molecule has 4 heterocycles. The highest BCUT2D eigenvalue weighted by Gasteiger charge is 2.20. The molecule has 0 bridgehead atoms. The normalized spacial score (nSPS) is 18.3. The fraction of sp³-hybridized carbons (Fsp3) is 0.545. The zero-order valence-electron chi connectivity index (χ0n) is 17.4. The third-order valence-electron chi connectivity index (χ3n) is 5.82. The number of ether oxygens (including phenoxy) is 1. The van der Waals surface area contributed by atoms with Gasteiger partial charge in [0.15, 0.2) is 0 Å². The number of hydrogen-bond donors (Lipinski definition) is 2. The number of nitrogens with one attached hydrogen (secondary N) is 2. The number of amides is 2. The van der Waals surface area contributed by atoms with Crippen molar-refractivity contribution in [3.8, 4) is 0 Å². The van der Waals surface area contributed by atoms with Crippen molar-refractivity contribution in [2.24, 2.45) is 5.92 Å². The Labute approximate surface area is 182 Å². The van der Waals surface area contributed by atoms with E-state index in [-0.39, 0.29) is 6.03 Å². The quantitative estimate of drug-likeness (QED) is 0.708. The average Bonchev–Trinajstić information content (AvgIpc) is 3.31. The summed E-state index contributed by atoms with van der Waals surface area (Å²) in [5.41, 5.74) is 1.06. The van der Waals surface area contributed by atoms with Crippen LogP contribution in [0.4, 0.5) is 10.6 Å². The second-order valence-corrected chi connectivity index (χ2v) is 9.02. The highest BCUT2D eigenvalue weighted by atomic mass is 32.1. The van der Waals surface area contributed by atoms with E-state index in [0.717, 1.165) is 76.7 Å². The van der Waals surface area contributed by atoms with Gasteiger partial charge < -0.3 is 20.3 Å². The molecule has 2 N–H and O–H groups in total. The smallest absolute Gasteiger partial charge is 0.315 e. The number of thiophene rings is 1. The Bertz CT molecular complexity index is 787. The van der Waals surface area contributed by atoms with Crippen LogP contribution in [0.3, 0.4) is 0 Å². The van der Waals surface area contributed by atoms with Gasteiger partial charge in [-0.05, 0) is 61.0 Å². The Hall–Kier alpha value is -2.16. The highest BCUT2D eigenvalue weighted by Crippen LogP contribution is 2.20. The molecule has 2 fully saturated rings. The third-order valence-corrected chi connectivity index (χ3v) is 6.68. The van der Waals surface area contributed by atoms with E-state index in [1.165, 1.54) is 4.88 Å². The number of pyridine rings is 1. The van der Waals surface area contributed by atoms with Crippen molar-refractivity contribution in [3.63, 3.8) is 0 Å². The minimum absolute atomic E-state index is 0.0965. The second-order valence-electron chi connectivity index (χ2n) is 7.98. The molecular formula is C22H31N5O2S. The summed E-state index contributed by atoms with van der Waals surface area (Å²) in [6.45, 7) is 7.70. The predicted molar refractivity (Wildman–Crippen MR) is 120 cm³/mol. The van der Waals surface area contributed by atoms with Crippen LogP contribution in [0.15, 0.2) is 35.8 Å². The van der Waals surface area contributed by atoms with Gasteiger partial charge >= 0.3 is 6.03 Å². The number of likely N-dealkylation sites (tertiary alicyclic amines) is 1. The van der Waals surface area contributed by atoms with Gasteiger partial charge in [-0.15, -0.1) is 11.3 Å². The van der Waals surface area contributed by atoms with Crippen molar-refractivity contribution in [1.82, 2.24) is 20.5 Å². The first kappa shape index (κ1) is 21.1. The van der Waals surface area contributed by atoms with Gasteiger partial charge in [0.05, 0.1) is 13.2 Å². The fourth-order valence-corrected chi connectivity index (χ4v) is 4.74. The minimum atomic E-state index is -0.0965. The first-order chi connectivity index (χ1) is 14.8. The summed E-state index contributed by atoms with van der Waals surface area (Å²) in [6, 6.07) is 8.23. The molecule has 0 radical (unpaired) electrons. The Morgan fingerprint density at radius 2 is 2.00 bits per heavy atom. The van der Waals surface area contributed by atoms with Crippen LogP contribution in [-0.4, -0.2) is 61.9 Å². The Balaban J connectivity index is 1.14. The van der Waals surface area contributed by atoms with E-state index in [1.54, 1.807) is 0 Å². The summed E-state index contributed by atoms with van der Waals surface area (Å²) in [5, 5.41) is 8.17. The summed E-state index contributed by atoms with van der Waals surface area (Å²) < 4.78 is 5.40. The number of carbonyl (C=O) groups excluding carboxylic acids is 1. The van der Waals surface area contributed by atoms with Crippen LogP contribution >= 0.6 is 11.3 Å². The minimum Gasteiger partial charge on any atom is -0.378 e. The van der Waals surface area contributed by atoms with Gasteiger partial charge in [-0.3, -0.25) is 4.90 Å². The summed E-state index contributed by atoms with van der Waals surface area (Å²) >= 11 is 1.82. The summed E-state index contributed by atoms with van der Waals surface area (Å²) in [5.74, 6) is 1.51. The molecular weight excluding hydrogens is 398 g/mol. The van der Waals surface area contributed by atoms with Crippen LogP contribution in [0.2, 0.25) is 0 Å². The molecule has 0 atom stereocenters. The van der Waals surface area contributed by atoms with Crippen LogP contribution in [-0.2, 0) is 17.8 Å². The molecule has 0 spiro atoms. The zero-order chi connectivity index (χ0) is 20.6. The molecule has 162 valence electrons. The van der Waals surface area contributed by atoms with E-state index in [0.29, 0.717) is 12.5 Å². The maximum absolute atomic E-state index is 12.2. The van der Waals surface area contributed by atoms with Crippen molar-refractivity contribution in [3.05, 3.63) is 46.3 Å². The lowest BCUT2D eigenvalue weighted by atomic mass is 9.97. The maximum Gasteiger partial charge on any atom is 0.315 e. The number of aromatic nitrogens is 1. The molecule has 2 aromatic heterocycles. The number of piperidine rings is 1. The van der Waals surface area contributed by atoms with E-state index in [4.69, 9.17) is 4.74 Å². The fourth-order valence-electron chi connectivity index (χ4n) is 3.99. The number of morpholine rings is 1.